The summed E-state index contributed by atoms with van der Waals surface area (Å²) in [4.78, 5) is 12.0. The minimum absolute atomic E-state index is 0.144. The molecule has 0 saturated carbocycles. The molecular weight excluding hydrogens is 258 g/mol. The van der Waals surface area contributed by atoms with Gasteiger partial charge in [-0.25, -0.2) is 0 Å². The fraction of sp³-hybridized carbons (Fsp3) is 0.267. The lowest BCUT2D eigenvalue weighted by atomic mass is 9.96. The van der Waals surface area contributed by atoms with E-state index in [1.807, 2.05) is 48.0 Å². The molecule has 19 heavy (non-hydrogen) atoms. The van der Waals surface area contributed by atoms with Crippen LogP contribution in [0.5, 0.6) is 0 Å². The van der Waals surface area contributed by atoms with Crippen LogP contribution in [0.1, 0.15) is 28.4 Å². The summed E-state index contributed by atoms with van der Waals surface area (Å²) in [6, 6.07) is 9.33. The summed E-state index contributed by atoms with van der Waals surface area (Å²) in [7, 11) is 0. The van der Waals surface area contributed by atoms with Crippen LogP contribution in [-0.4, -0.2) is 17.6 Å². The quantitative estimate of drug-likeness (QED) is 0.901. The Kier molecular flexibility index (Phi) is 4.02. The summed E-state index contributed by atoms with van der Waals surface area (Å²) >= 11 is 1.50. The molecule has 0 radical (unpaired) electrons. The highest BCUT2D eigenvalue weighted by molar-refractivity contribution is 7.08. The van der Waals surface area contributed by atoms with Gasteiger partial charge in [-0.3, -0.25) is 4.79 Å². The van der Waals surface area contributed by atoms with Crippen LogP contribution < -0.4 is 5.32 Å². The molecule has 0 saturated heterocycles. The van der Waals surface area contributed by atoms with Crippen molar-refractivity contribution in [3.8, 4) is 0 Å². The number of nitrogens with one attached hydrogen (secondary N) is 1. The largest absolute Gasteiger partial charge is 0.384 e. The standard InChI is InChI=1S/C15H17NO2S/c1-11-8-19-9-13(11)14(17)16-10-15(2,18)12-6-4-3-5-7-12/h3-9,18H,10H2,1-2H3,(H,16,17). The van der Waals surface area contributed by atoms with Crippen LogP contribution in [0.4, 0.5) is 0 Å². The van der Waals surface area contributed by atoms with Crippen molar-refractivity contribution in [1.82, 2.24) is 5.32 Å². The van der Waals surface area contributed by atoms with Crippen molar-refractivity contribution in [2.24, 2.45) is 0 Å². The summed E-state index contributed by atoms with van der Waals surface area (Å²) in [6.45, 7) is 3.79. The summed E-state index contributed by atoms with van der Waals surface area (Å²) in [5, 5.41) is 16.9. The molecule has 0 fully saturated rings. The highest BCUT2D eigenvalue weighted by atomic mass is 32.1. The molecule has 0 aliphatic rings. The third-order valence-corrected chi connectivity index (χ3v) is 3.95. The number of hydrogen-bond donors (Lipinski definition) is 2. The van der Waals surface area contributed by atoms with E-state index in [9.17, 15) is 9.90 Å². The zero-order chi connectivity index (χ0) is 13.9. The number of amides is 1. The molecule has 3 nitrogen and oxygen atoms in total. The molecule has 0 spiro atoms. The summed E-state index contributed by atoms with van der Waals surface area (Å²) < 4.78 is 0. The van der Waals surface area contributed by atoms with Gasteiger partial charge in [-0.1, -0.05) is 30.3 Å². The van der Waals surface area contributed by atoms with Gasteiger partial charge in [0.25, 0.3) is 5.91 Å². The van der Waals surface area contributed by atoms with Gasteiger partial charge in [-0.05, 0) is 30.4 Å². The molecule has 0 aliphatic heterocycles. The maximum atomic E-state index is 12.0. The number of hydrogen-bond acceptors (Lipinski definition) is 3. The van der Waals surface area contributed by atoms with Gasteiger partial charge in [0.2, 0.25) is 0 Å². The Labute approximate surface area is 116 Å². The Bertz CT molecular complexity index is 561. The van der Waals surface area contributed by atoms with E-state index in [4.69, 9.17) is 0 Å². The topological polar surface area (TPSA) is 49.3 Å². The Balaban J connectivity index is 2.03. The Hall–Kier alpha value is -1.65. The highest BCUT2D eigenvalue weighted by Gasteiger charge is 2.24. The zero-order valence-corrected chi connectivity index (χ0v) is 11.8. The number of carbonyl (C=O) groups excluding carboxylic acids is 1. The number of carbonyl (C=O) groups is 1. The summed E-state index contributed by atoms with van der Waals surface area (Å²) in [6.07, 6.45) is 0. The van der Waals surface area contributed by atoms with Crippen molar-refractivity contribution >= 4 is 17.2 Å². The second-order valence-electron chi connectivity index (χ2n) is 4.79. The van der Waals surface area contributed by atoms with E-state index >= 15 is 0 Å². The third kappa shape index (κ3) is 3.22. The predicted octanol–water partition coefficient (Wildman–Crippen LogP) is 2.69. The second-order valence-corrected chi connectivity index (χ2v) is 5.53. The number of aliphatic hydroxyl groups is 1. The summed E-state index contributed by atoms with van der Waals surface area (Å²) in [5.74, 6) is -0.144. The molecule has 1 atom stereocenters. The molecular formula is C15H17NO2S. The van der Waals surface area contributed by atoms with E-state index in [1.165, 1.54) is 11.3 Å². The molecule has 1 amide bonds. The fourth-order valence-electron chi connectivity index (χ4n) is 1.84. The van der Waals surface area contributed by atoms with Crippen LogP contribution in [-0.2, 0) is 5.60 Å². The monoisotopic (exact) mass is 275 g/mol. The van der Waals surface area contributed by atoms with E-state index in [2.05, 4.69) is 5.32 Å². The van der Waals surface area contributed by atoms with Gasteiger partial charge in [0.05, 0.1) is 12.1 Å². The first-order chi connectivity index (χ1) is 9.00. The molecule has 1 aromatic heterocycles. The second kappa shape index (κ2) is 5.55. The van der Waals surface area contributed by atoms with E-state index in [0.717, 1.165) is 11.1 Å². The van der Waals surface area contributed by atoms with Crippen LogP contribution in [0.3, 0.4) is 0 Å². The number of aryl methyl sites for hydroxylation is 1. The van der Waals surface area contributed by atoms with Crippen LogP contribution in [0.15, 0.2) is 41.1 Å². The lowest BCUT2D eigenvalue weighted by Gasteiger charge is -2.24. The van der Waals surface area contributed by atoms with Crippen molar-refractivity contribution in [3.63, 3.8) is 0 Å². The molecule has 1 heterocycles. The molecule has 4 heteroatoms. The maximum Gasteiger partial charge on any atom is 0.252 e. The van der Waals surface area contributed by atoms with Gasteiger partial charge < -0.3 is 10.4 Å². The molecule has 1 aromatic carbocycles. The van der Waals surface area contributed by atoms with Crippen molar-refractivity contribution < 1.29 is 9.90 Å². The molecule has 2 aromatic rings. The van der Waals surface area contributed by atoms with Gasteiger partial charge >= 0.3 is 0 Å². The first-order valence-corrected chi connectivity index (χ1v) is 7.04. The van der Waals surface area contributed by atoms with Crippen molar-refractivity contribution in [2.75, 3.05) is 6.54 Å². The molecule has 2 N–H and O–H groups in total. The van der Waals surface area contributed by atoms with E-state index < -0.39 is 5.60 Å². The Morgan fingerprint density at radius 2 is 2.00 bits per heavy atom. The SMILES string of the molecule is Cc1cscc1C(=O)NCC(C)(O)c1ccccc1. The Morgan fingerprint density at radius 1 is 1.32 bits per heavy atom. The van der Waals surface area contributed by atoms with E-state index in [1.54, 1.807) is 6.92 Å². The first kappa shape index (κ1) is 13.8. The van der Waals surface area contributed by atoms with Gasteiger partial charge in [-0.15, -0.1) is 0 Å². The van der Waals surface area contributed by atoms with E-state index in [-0.39, 0.29) is 12.5 Å². The molecule has 0 bridgehead atoms. The van der Waals surface area contributed by atoms with Crippen LogP contribution in [0, 0.1) is 6.92 Å². The minimum Gasteiger partial charge on any atom is -0.384 e. The Morgan fingerprint density at radius 3 is 2.58 bits per heavy atom. The minimum atomic E-state index is -1.07. The lowest BCUT2D eigenvalue weighted by molar-refractivity contribution is 0.0526. The molecule has 100 valence electrons. The first-order valence-electron chi connectivity index (χ1n) is 6.09. The van der Waals surface area contributed by atoms with E-state index in [0.29, 0.717) is 5.56 Å². The maximum absolute atomic E-state index is 12.0. The molecule has 2 rings (SSSR count). The molecule has 0 aliphatic carbocycles. The van der Waals surface area contributed by atoms with Crippen LogP contribution in [0.25, 0.3) is 0 Å². The number of benzene rings is 1. The number of thiophene rings is 1. The average molecular weight is 275 g/mol. The van der Waals surface area contributed by atoms with Crippen molar-refractivity contribution in [2.45, 2.75) is 19.4 Å². The normalized spacial score (nSPS) is 13.8. The van der Waals surface area contributed by atoms with Gasteiger partial charge in [0, 0.05) is 5.38 Å². The van der Waals surface area contributed by atoms with Gasteiger partial charge in [-0.2, -0.15) is 11.3 Å². The van der Waals surface area contributed by atoms with Crippen molar-refractivity contribution in [1.29, 1.82) is 0 Å². The highest BCUT2D eigenvalue weighted by Crippen LogP contribution is 2.19. The fourth-order valence-corrected chi connectivity index (χ4v) is 2.67. The van der Waals surface area contributed by atoms with Gasteiger partial charge in [0.1, 0.15) is 5.60 Å². The third-order valence-electron chi connectivity index (χ3n) is 3.09. The van der Waals surface area contributed by atoms with Crippen molar-refractivity contribution in [3.05, 3.63) is 57.8 Å². The average Bonchev–Trinajstić information content (AvgIpc) is 2.83. The van der Waals surface area contributed by atoms with Gasteiger partial charge in [0.15, 0.2) is 0 Å². The number of rotatable bonds is 4. The lowest BCUT2D eigenvalue weighted by Crippen LogP contribution is -2.38. The summed E-state index contributed by atoms with van der Waals surface area (Å²) in [5.41, 5.74) is 1.36. The van der Waals surface area contributed by atoms with Crippen LogP contribution in [0.2, 0.25) is 0 Å². The zero-order valence-electron chi connectivity index (χ0n) is 11.0. The van der Waals surface area contributed by atoms with Crippen LogP contribution >= 0.6 is 11.3 Å². The smallest absolute Gasteiger partial charge is 0.252 e. The predicted molar refractivity (Wildman–Crippen MR) is 77.4 cm³/mol. The molecule has 1 unspecified atom stereocenters.